The fourth-order valence-electron chi connectivity index (χ4n) is 4.64. The lowest BCUT2D eigenvalue weighted by Gasteiger charge is -2.37. The number of nitrogens with zero attached hydrogens (tertiary/aromatic N) is 3. The number of halogens is 1. The van der Waals surface area contributed by atoms with Crippen LogP contribution in [0.3, 0.4) is 0 Å². The molecule has 0 aliphatic carbocycles. The summed E-state index contributed by atoms with van der Waals surface area (Å²) in [5.41, 5.74) is 0.151. The Morgan fingerprint density at radius 2 is 1.53 bits per heavy atom. The van der Waals surface area contributed by atoms with Gasteiger partial charge < -0.3 is 9.80 Å². The van der Waals surface area contributed by atoms with Crippen LogP contribution in [0.25, 0.3) is 0 Å². The molecule has 0 bridgehead atoms. The van der Waals surface area contributed by atoms with Gasteiger partial charge in [0.1, 0.15) is 6.04 Å². The van der Waals surface area contributed by atoms with Gasteiger partial charge in [-0.25, -0.2) is 8.42 Å². The third-order valence-corrected chi connectivity index (χ3v) is 8.56. The monoisotopic (exact) mass is 453 g/mol. The molecule has 2 amide bonds. The predicted octanol–water partition coefficient (Wildman–Crippen LogP) is 2.74. The van der Waals surface area contributed by atoms with Gasteiger partial charge in [-0.05, 0) is 63.1 Å². The van der Waals surface area contributed by atoms with Crippen LogP contribution in [0.4, 0.5) is 0 Å². The van der Waals surface area contributed by atoms with Gasteiger partial charge >= 0.3 is 0 Å². The zero-order valence-corrected chi connectivity index (χ0v) is 18.6. The number of sulfonamides is 1. The van der Waals surface area contributed by atoms with Crippen molar-refractivity contribution in [1.29, 1.82) is 0 Å². The summed E-state index contributed by atoms with van der Waals surface area (Å²) in [4.78, 5) is 30.0. The minimum Gasteiger partial charge on any atom is -0.341 e. The highest BCUT2D eigenvalue weighted by atomic mass is 35.5. The highest BCUT2D eigenvalue weighted by Gasteiger charge is 2.37. The van der Waals surface area contributed by atoms with Gasteiger partial charge in [-0.15, -0.1) is 0 Å². The van der Waals surface area contributed by atoms with Gasteiger partial charge in [0.25, 0.3) is 5.91 Å². The summed E-state index contributed by atoms with van der Waals surface area (Å²) < 4.78 is 27.3. The molecule has 1 aromatic carbocycles. The van der Waals surface area contributed by atoms with Crippen molar-refractivity contribution in [3.8, 4) is 0 Å². The van der Waals surface area contributed by atoms with E-state index in [0.717, 1.165) is 51.6 Å². The standard InChI is InChI=1S/C21H28ClN3O4S/c22-18-9-8-16(30(28,29)24-12-5-6-13-24)15-17(18)20(26)25-14-2-1-7-19(25)21(27)23-10-3-4-11-23/h8-9,15,19H,1-7,10-14H2. The van der Waals surface area contributed by atoms with Gasteiger partial charge in [-0.2, -0.15) is 4.31 Å². The third kappa shape index (κ3) is 4.09. The van der Waals surface area contributed by atoms with Crippen molar-refractivity contribution in [3.63, 3.8) is 0 Å². The van der Waals surface area contributed by atoms with Gasteiger partial charge in [-0.3, -0.25) is 9.59 Å². The number of carbonyl (C=O) groups is 2. The van der Waals surface area contributed by atoms with Gasteiger partial charge in [0.05, 0.1) is 15.5 Å². The average Bonchev–Trinajstić information content (AvgIpc) is 3.47. The number of benzene rings is 1. The molecule has 3 aliphatic heterocycles. The number of amides is 2. The molecule has 9 heteroatoms. The first-order chi connectivity index (χ1) is 14.4. The van der Waals surface area contributed by atoms with E-state index in [4.69, 9.17) is 11.6 Å². The number of rotatable bonds is 4. The molecule has 3 heterocycles. The Morgan fingerprint density at radius 1 is 0.900 bits per heavy atom. The second-order valence-corrected chi connectivity index (χ2v) is 10.6. The molecule has 3 saturated heterocycles. The summed E-state index contributed by atoms with van der Waals surface area (Å²) in [5, 5.41) is 0.207. The zero-order chi connectivity index (χ0) is 21.3. The van der Waals surface area contributed by atoms with E-state index in [9.17, 15) is 18.0 Å². The van der Waals surface area contributed by atoms with Gasteiger partial charge in [0.15, 0.2) is 0 Å². The molecule has 164 valence electrons. The Hall–Kier alpha value is -1.64. The Bertz CT molecular complexity index is 924. The molecular formula is C21H28ClN3O4S. The lowest BCUT2D eigenvalue weighted by Crippen LogP contribution is -2.52. The molecule has 3 fully saturated rings. The molecule has 3 aliphatic rings. The molecule has 0 radical (unpaired) electrons. The minimum absolute atomic E-state index is 0.00230. The van der Waals surface area contributed by atoms with Crippen LogP contribution >= 0.6 is 11.6 Å². The first-order valence-corrected chi connectivity index (χ1v) is 12.6. The second kappa shape index (κ2) is 8.85. The molecule has 0 aromatic heterocycles. The van der Waals surface area contributed by atoms with E-state index in [0.29, 0.717) is 26.1 Å². The summed E-state index contributed by atoms with van der Waals surface area (Å²) in [5.74, 6) is -0.367. The summed E-state index contributed by atoms with van der Waals surface area (Å²) in [6.07, 6.45) is 6.01. The number of hydrogen-bond acceptors (Lipinski definition) is 4. The van der Waals surface area contributed by atoms with Crippen LogP contribution in [0.15, 0.2) is 23.1 Å². The van der Waals surface area contributed by atoms with E-state index >= 15 is 0 Å². The van der Waals surface area contributed by atoms with Crippen LogP contribution in [0.5, 0.6) is 0 Å². The van der Waals surface area contributed by atoms with E-state index in [1.807, 2.05) is 4.90 Å². The highest BCUT2D eigenvalue weighted by Crippen LogP contribution is 2.29. The first kappa shape index (κ1) is 21.6. The smallest absolute Gasteiger partial charge is 0.256 e. The molecule has 30 heavy (non-hydrogen) atoms. The lowest BCUT2D eigenvalue weighted by atomic mass is 9.99. The minimum atomic E-state index is -3.66. The first-order valence-electron chi connectivity index (χ1n) is 10.8. The Morgan fingerprint density at radius 3 is 2.23 bits per heavy atom. The number of carbonyl (C=O) groups excluding carboxylic acids is 2. The van der Waals surface area contributed by atoms with E-state index < -0.39 is 16.1 Å². The van der Waals surface area contributed by atoms with Crippen LogP contribution in [0.2, 0.25) is 5.02 Å². The van der Waals surface area contributed by atoms with Crippen LogP contribution in [-0.4, -0.2) is 73.1 Å². The molecule has 0 N–H and O–H groups in total. The molecule has 1 atom stereocenters. The van der Waals surface area contributed by atoms with E-state index in [2.05, 4.69) is 0 Å². The number of hydrogen-bond donors (Lipinski definition) is 0. The van der Waals surface area contributed by atoms with Crippen LogP contribution in [-0.2, 0) is 14.8 Å². The van der Waals surface area contributed by atoms with Crippen molar-refractivity contribution < 1.29 is 18.0 Å². The fraction of sp³-hybridized carbons (Fsp3) is 0.619. The fourth-order valence-corrected chi connectivity index (χ4v) is 6.38. The van der Waals surface area contributed by atoms with E-state index in [1.54, 1.807) is 4.90 Å². The van der Waals surface area contributed by atoms with Crippen molar-refractivity contribution in [2.75, 3.05) is 32.7 Å². The molecule has 1 unspecified atom stereocenters. The van der Waals surface area contributed by atoms with Crippen LogP contribution in [0.1, 0.15) is 55.3 Å². The molecule has 7 nitrogen and oxygen atoms in total. The van der Waals surface area contributed by atoms with Gasteiger partial charge in [0, 0.05) is 32.7 Å². The maximum Gasteiger partial charge on any atom is 0.256 e. The summed E-state index contributed by atoms with van der Waals surface area (Å²) >= 11 is 6.32. The van der Waals surface area contributed by atoms with Gasteiger partial charge in [0.2, 0.25) is 15.9 Å². The Kier molecular flexibility index (Phi) is 6.36. The van der Waals surface area contributed by atoms with Crippen LogP contribution < -0.4 is 0 Å². The van der Waals surface area contributed by atoms with Crippen molar-refractivity contribution in [1.82, 2.24) is 14.1 Å². The summed E-state index contributed by atoms with van der Waals surface area (Å²) in [7, 11) is -3.66. The Balaban J connectivity index is 1.62. The zero-order valence-electron chi connectivity index (χ0n) is 17.1. The van der Waals surface area contributed by atoms with Crippen LogP contribution in [0, 0.1) is 0 Å². The molecular weight excluding hydrogens is 426 g/mol. The summed E-state index contributed by atoms with van der Waals surface area (Å²) in [6, 6.07) is 3.80. The third-order valence-electron chi connectivity index (χ3n) is 6.34. The van der Waals surface area contributed by atoms with Crippen molar-refractivity contribution in [2.24, 2.45) is 0 Å². The largest absolute Gasteiger partial charge is 0.341 e. The predicted molar refractivity (Wildman–Crippen MR) is 114 cm³/mol. The summed E-state index contributed by atoms with van der Waals surface area (Å²) in [6.45, 7) is 2.94. The number of likely N-dealkylation sites (tertiary alicyclic amines) is 2. The quantitative estimate of drug-likeness (QED) is 0.702. The Labute approximate surface area is 183 Å². The van der Waals surface area contributed by atoms with Crippen molar-refractivity contribution >= 4 is 33.4 Å². The molecule has 0 spiro atoms. The lowest BCUT2D eigenvalue weighted by molar-refractivity contribution is -0.136. The maximum absolute atomic E-state index is 13.4. The van der Waals surface area contributed by atoms with Crippen molar-refractivity contribution in [2.45, 2.75) is 55.9 Å². The highest BCUT2D eigenvalue weighted by molar-refractivity contribution is 7.89. The SMILES string of the molecule is O=C(C1CCCCN1C(=O)c1cc(S(=O)(=O)N2CCCC2)ccc1Cl)N1CCCC1. The molecule has 4 rings (SSSR count). The normalized spacial score (nSPS) is 23.2. The number of piperidine rings is 1. The second-order valence-electron chi connectivity index (χ2n) is 8.30. The topological polar surface area (TPSA) is 78.0 Å². The molecule has 1 aromatic rings. The molecule has 0 saturated carbocycles. The van der Waals surface area contributed by atoms with Crippen molar-refractivity contribution in [3.05, 3.63) is 28.8 Å². The maximum atomic E-state index is 13.4. The van der Waals surface area contributed by atoms with E-state index in [1.165, 1.54) is 22.5 Å². The average molecular weight is 454 g/mol. The van der Waals surface area contributed by atoms with Gasteiger partial charge in [-0.1, -0.05) is 11.6 Å². The van der Waals surface area contributed by atoms with E-state index in [-0.39, 0.29) is 27.3 Å².